The second-order valence-corrected chi connectivity index (χ2v) is 6.75. The maximum atomic E-state index is 11.5. The number of nitrogens with zero attached hydrogens (tertiary/aromatic N) is 3. The number of aromatic nitrogens is 1. The van der Waals surface area contributed by atoms with Crippen molar-refractivity contribution < 1.29 is 10.0 Å². The maximum Gasteiger partial charge on any atom is 0.319 e. The lowest BCUT2D eigenvalue weighted by Crippen LogP contribution is -2.25. The standard InChI is InChI=1S/C14H15N3O3S/c18-11-3-1-8-5-16(6-9(8)11)10-2-4-12-13(15-7-21-12)14(10)17(19)20/h2,4,7-9,11,18H,1,3,5-6H2. The molecule has 4 rings (SSSR count). The molecule has 21 heavy (non-hydrogen) atoms. The zero-order valence-electron chi connectivity index (χ0n) is 11.3. The van der Waals surface area contributed by atoms with Crippen molar-refractivity contribution in [3.63, 3.8) is 0 Å². The first-order chi connectivity index (χ1) is 10.1. The summed E-state index contributed by atoms with van der Waals surface area (Å²) in [6.07, 6.45) is 1.60. The van der Waals surface area contributed by atoms with E-state index < -0.39 is 0 Å². The molecule has 3 unspecified atom stereocenters. The molecular formula is C14H15N3O3S. The molecular weight excluding hydrogens is 290 g/mol. The summed E-state index contributed by atoms with van der Waals surface area (Å²) in [5.74, 6) is 0.696. The van der Waals surface area contributed by atoms with Gasteiger partial charge in [0.1, 0.15) is 5.69 Å². The van der Waals surface area contributed by atoms with Gasteiger partial charge < -0.3 is 10.0 Å². The zero-order chi connectivity index (χ0) is 14.6. The number of nitro benzene ring substituents is 1. The molecule has 2 fully saturated rings. The van der Waals surface area contributed by atoms with E-state index in [2.05, 4.69) is 9.88 Å². The number of aliphatic hydroxyl groups excluding tert-OH is 1. The first-order valence-electron chi connectivity index (χ1n) is 7.08. The Morgan fingerprint density at radius 1 is 1.38 bits per heavy atom. The van der Waals surface area contributed by atoms with E-state index in [4.69, 9.17) is 0 Å². The number of nitro groups is 1. The second-order valence-electron chi connectivity index (χ2n) is 5.86. The lowest BCUT2D eigenvalue weighted by atomic mass is 10.00. The summed E-state index contributed by atoms with van der Waals surface area (Å²) in [5, 5.41) is 21.5. The van der Waals surface area contributed by atoms with Crippen LogP contribution in [0.15, 0.2) is 17.6 Å². The zero-order valence-corrected chi connectivity index (χ0v) is 12.1. The molecule has 1 aromatic carbocycles. The van der Waals surface area contributed by atoms with Crippen LogP contribution in [0, 0.1) is 22.0 Å². The van der Waals surface area contributed by atoms with Crippen LogP contribution in [0.3, 0.4) is 0 Å². The van der Waals surface area contributed by atoms with E-state index in [9.17, 15) is 15.2 Å². The molecule has 2 aromatic rings. The monoisotopic (exact) mass is 305 g/mol. The Labute approximate surface area is 125 Å². The first kappa shape index (κ1) is 13.0. The molecule has 7 heteroatoms. The molecule has 110 valence electrons. The van der Waals surface area contributed by atoms with Gasteiger partial charge in [0, 0.05) is 19.0 Å². The van der Waals surface area contributed by atoms with Crippen molar-refractivity contribution >= 4 is 32.9 Å². The Kier molecular flexibility index (Phi) is 2.87. The lowest BCUT2D eigenvalue weighted by Gasteiger charge is -2.20. The summed E-state index contributed by atoms with van der Waals surface area (Å²) in [6.45, 7) is 1.49. The molecule has 1 saturated carbocycles. The van der Waals surface area contributed by atoms with Crippen molar-refractivity contribution in [3.05, 3.63) is 27.8 Å². The first-order valence-corrected chi connectivity index (χ1v) is 7.96. The van der Waals surface area contributed by atoms with Gasteiger partial charge in [-0.1, -0.05) is 0 Å². The highest BCUT2D eigenvalue weighted by Gasteiger charge is 2.43. The van der Waals surface area contributed by atoms with E-state index in [0.29, 0.717) is 23.7 Å². The molecule has 0 radical (unpaired) electrons. The van der Waals surface area contributed by atoms with Crippen LogP contribution >= 0.6 is 11.3 Å². The SMILES string of the molecule is O=[N+]([O-])c1c(N2CC3CCC(O)C3C2)ccc2scnc12. The fraction of sp³-hybridized carbons (Fsp3) is 0.500. The fourth-order valence-corrected chi connectivity index (χ4v) is 4.45. The number of fused-ring (bicyclic) bond motifs is 2. The highest BCUT2D eigenvalue weighted by molar-refractivity contribution is 7.16. The Balaban J connectivity index is 1.77. The number of thiazole rings is 1. The van der Waals surface area contributed by atoms with Gasteiger partial charge in [0.05, 0.1) is 21.2 Å². The number of anilines is 1. The Hall–Kier alpha value is -1.73. The topological polar surface area (TPSA) is 79.5 Å². The summed E-state index contributed by atoms with van der Waals surface area (Å²) in [5.41, 5.74) is 2.85. The van der Waals surface area contributed by atoms with Crippen LogP contribution in [-0.4, -0.2) is 34.2 Å². The van der Waals surface area contributed by atoms with Crippen molar-refractivity contribution in [1.82, 2.24) is 4.98 Å². The van der Waals surface area contributed by atoms with Gasteiger partial charge in [-0.05, 0) is 30.9 Å². The van der Waals surface area contributed by atoms with Gasteiger partial charge in [0.2, 0.25) is 0 Å². The van der Waals surface area contributed by atoms with Crippen LogP contribution in [-0.2, 0) is 0 Å². The number of hydrogen-bond acceptors (Lipinski definition) is 6. The minimum atomic E-state index is -0.331. The average molecular weight is 305 g/mol. The molecule has 0 spiro atoms. The van der Waals surface area contributed by atoms with Crippen molar-refractivity contribution in [3.8, 4) is 0 Å². The third-order valence-corrected chi connectivity index (χ3v) is 5.59. The molecule has 1 N–H and O–H groups in total. The van der Waals surface area contributed by atoms with Gasteiger partial charge in [-0.3, -0.25) is 10.1 Å². The Bertz CT molecular complexity index is 717. The Morgan fingerprint density at radius 2 is 2.24 bits per heavy atom. The van der Waals surface area contributed by atoms with Crippen LogP contribution in [0.5, 0.6) is 0 Å². The maximum absolute atomic E-state index is 11.5. The van der Waals surface area contributed by atoms with Crippen molar-refractivity contribution in [2.75, 3.05) is 18.0 Å². The van der Waals surface area contributed by atoms with Crippen LogP contribution in [0.1, 0.15) is 12.8 Å². The van der Waals surface area contributed by atoms with Gasteiger partial charge >= 0.3 is 5.69 Å². The van der Waals surface area contributed by atoms with E-state index in [1.807, 2.05) is 12.1 Å². The molecule has 1 aliphatic heterocycles. The fourth-order valence-electron chi connectivity index (χ4n) is 3.77. The highest BCUT2D eigenvalue weighted by Crippen LogP contribution is 2.44. The molecule has 1 aromatic heterocycles. The molecule has 3 atom stereocenters. The van der Waals surface area contributed by atoms with Gasteiger partial charge in [-0.25, -0.2) is 4.98 Å². The van der Waals surface area contributed by atoms with E-state index in [-0.39, 0.29) is 22.6 Å². The molecule has 1 aliphatic carbocycles. The van der Waals surface area contributed by atoms with Crippen molar-refractivity contribution in [1.29, 1.82) is 0 Å². The number of aliphatic hydroxyl groups is 1. The van der Waals surface area contributed by atoms with Gasteiger partial charge in [-0.2, -0.15) is 0 Å². The molecule has 6 nitrogen and oxygen atoms in total. The molecule has 0 bridgehead atoms. The summed E-state index contributed by atoms with van der Waals surface area (Å²) < 4.78 is 0.838. The summed E-state index contributed by atoms with van der Waals surface area (Å²) in [6, 6.07) is 3.73. The quantitative estimate of drug-likeness (QED) is 0.681. The van der Waals surface area contributed by atoms with Crippen molar-refractivity contribution in [2.24, 2.45) is 11.8 Å². The third kappa shape index (κ3) is 1.91. The average Bonchev–Trinajstić information content (AvgIpc) is 3.14. The smallest absolute Gasteiger partial charge is 0.319 e. The third-order valence-electron chi connectivity index (χ3n) is 4.80. The van der Waals surface area contributed by atoms with E-state index in [1.165, 1.54) is 11.3 Å². The molecule has 2 heterocycles. The van der Waals surface area contributed by atoms with E-state index in [1.54, 1.807) is 5.51 Å². The molecule has 2 aliphatic rings. The summed E-state index contributed by atoms with van der Waals surface area (Å²) in [7, 11) is 0. The predicted octanol–water partition coefficient (Wildman–Crippen LogP) is 2.41. The predicted molar refractivity (Wildman–Crippen MR) is 80.7 cm³/mol. The van der Waals surface area contributed by atoms with E-state index in [0.717, 1.165) is 24.1 Å². The normalized spacial score (nSPS) is 28.2. The number of benzene rings is 1. The largest absolute Gasteiger partial charge is 0.393 e. The number of hydrogen-bond donors (Lipinski definition) is 1. The van der Waals surface area contributed by atoms with Crippen LogP contribution < -0.4 is 4.90 Å². The molecule has 1 saturated heterocycles. The minimum absolute atomic E-state index is 0.100. The van der Waals surface area contributed by atoms with Crippen LogP contribution in [0.2, 0.25) is 0 Å². The van der Waals surface area contributed by atoms with Gasteiger partial charge in [0.25, 0.3) is 0 Å². The van der Waals surface area contributed by atoms with E-state index >= 15 is 0 Å². The van der Waals surface area contributed by atoms with Gasteiger partial charge in [0.15, 0.2) is 5.52 Å². The van der Waals surface area contributed by atoms with Gasteiger partial charge in [-0.15, -0.1) is 11.3 Å². The Morgan fingerprint density at radius 3 is 3.00 bits per heavy atom. The second kappa shape index (κ2) is 4.64. The van der Waals surface area contributed by atoms with Crippen LogP contribution in [0.25, 0.3) is 10.2 Å². The summed E-state index contributed by atoms with van der Waals surface area (Å²) in [4.78, 5) is 17.4. The highest BCUT2D eigenvalue weighted by atomic mass is 32.1. The summed E-state index contributed by atoms with van der Waals surface area (Å²) >= 11 is 1.41. The van der Waals surface area contributed by atoms with Crippen molar-refractivity contribution in [2.45, 2.75) is 18.9 Å². The lowest BCUT2D eigenvalue weighted by molar-refractivity contribution is -0.382. The van der Waals surface area contributed by atoms with Crippen LogP contribution in [0.4, 0.5) is 11.4 Å². The minimum Gasteiger partial charge on any atom is -0.393 e. The molecule has 0 amide bonds. The number of rotatable bonds is 2.